The molecule has 4 aromatic heterocycles. The van der Waals surface area contributed by atoms with Crippen molar-refractivity contribution in [1.82, 2.24) is 24.4 Å². The number of fused-ring (bicyclic) bond motifs is 1. The van der Waals surface area contributed by atoms with E-state index in [1.54, 1.807) is 27.7 Å². The van der Waals surface area contributed by atoms with Crippen LogP contribution in [0.25, 0.3) is 39.0 Å². The first-order valence-electron chi connectivity index (χ1n) is 10.7. The second kappa shape index (κ2) is 8.58. The van der Waals surface area contributed by atoms with Crippen LogP contribution in [0, 0.1) is 11.6 Å². The van der Waals surface area contributed by atoms with Crippen molar-refractivity contribution in [3.63, 3.8) is 0 Å². The van der Waals surface area contributed by atoms with Crippen LogP contribution >= 0.6 is 0 Å². The molecule has 1 aromatic carbocycles. The molecule has 1 N–H and O–H groups in total. The quantitative estimate of drug-likeness (QED) is 0.375. The predicted molar refractivity (Wildman–Crippen MR) is 129 cm³/mol. The number of hydrogen-bond acceptors (Lipinski definition) is 5. The molecule has 11 heteroatoms. The van der Waals surface area contributed by atoms with Gasteiger partial charge in [0.15, 0.2) is 0 Å². The SMILES string of the molecule is CCS(=O)(=O)Nc1cc(-c2ccc(F)cc2F)cc(-c2cnn3cc(-c4cnn(C)c4)ccc23)n1. The van der Waals surface area contributed by atoms with Crippen LogP contribution in [0.3, 0.4) is 0 Å². The Balaban J connectivity index is 1.65. The lowest BCUT2D eigenvalue weighted by Crippen LogP contribution is -2.15. The minimum Gasteiger partial charge on any atom is -0.275 e. The molecule has 8 nitrogen and oxygen atoms in total. The van der Waals surface area contributed by atoms with Crippen molar-refractivity contribution in [3.05, 3.63) is 78.9 Å². The third-order valence-electron chi connectivity index (χ3n) is 5.54. The minimum absolute atomic E-state index is 0.0226. The van der Waals surface area contributed by atoms with Crippen molar-refractivity contribution in [2.24, 2.45) is 7.05 Å². The van der Waals surface area contributed by atoms with Gasteiger partial charge in [-0.25, -0.2) is 26.7 Å². The van der Waals surface area contributed by atoms with Gasteiger partial charge in [0.1, 0.15) is 17.5 Å². The zero-order chi connectivity index (χ0) is 24.7. The van der Waals surface area contributed by atoms with Gasteiger partial charge in [0.2, 0.25) is 10.0 Å². The summed E-state index contributed by atoms with van der Waals surface area (Å²) in [7, 11) is -1.81. The lowest BCUT2D eigenvalue weighted by molar-refractivity contribution is 0.585. The average Bonchev–Trinajstić information content (AvgIpc) is 3.44. The highest BCUT2D eigenvalue weighted by molar-refractivity contribution is 7.92. The van der Waals surface area contributed by atoms with E-state index >= 15 is 0 Å². The number of aromatic nitrogens is 5. The monoisotopic (exact) mass is 494 g/mol. The molecule has 0 aliphatic rings. The fourth-order valence-corrected chi connectivity index (χ4v) is 4.32. The smallest absolute Gasteiger partial charge is 0.233 e. The summed E-state index contributed by atoms with van der Waals surface area (Å²) in [5, 5.41) is 8.62. The van der Waals surface area contributed by atoms with Crippen molar-refractivity contribution in [3.8, 4) is 33.5 Å². The summed E-state index contributed by atoms with van der Waals surface area (Å²) in [4.78, 5) is 4.46. The standard InChI is InChI=1S/C24H20F2N6O2S/c1-3-35(33,34)30-24-9-16(19-6-5-18(25)10-21(19)26)8-22(29-24)20-12-28-32-14-15(4-7-23(20)32)17-11-27-31(2)13-17/h4-14H,3H2,1-2H3,(H,29,30). The van der Waals surface area contributed by atoms with Gasteiger partial charge in [0, 0.05) is 47.8 Å². The number of halogens is 2. The third kappa shape index (κ3) is 4.50. The molecular formula is C24H20F2N6O2S. The van der Waals surface area contributed by atoms with Crippen molar-refractivity contribution >= 4 is 21.4 Å². The van der Waals surface area contributed by atoms with Crippen molar-refractivity contribution < 1.29 is 17.2 Å². The van der Waals surface area contributed by atoms with E-state index in [0.29, 0.717) is 22.3 Å². The van der Waals surface area contributed by atoms with E-state index in [1.807, 2.05) is 31.6 Å². The molecule has 0 bridgehead atoms. The Kier molecular flexibility index (Phi) is 5.56. The fourth-order valence-electron chi connectivity index (χ4n) is 3.75. The minimum atomic E-state index is -3.65. The first-order valence-corrected chi connectivity index (χ1v) is 12.3. The van der Waals surface area contributed by atoms with Gasteiger partial charge < -0.3 is 0 Å². The maximum absolute atomic E-state index is 14.6. The van der Waals surface area contributed by atoms with Crippen LogP contribution < -0.4 is 4.72 Å². The van der Waals surface area contributed by atoms with E-state index in [1.165, 1.54) is 19.1 Å². The highest BCUT2D eigenvalue weighted by Crippen LogP contribution is 2.32. The Morgan fingerprint density at radius 2 is 1.74 bits per heavy atom. The van der Waals surface area contributed by atoms with Crippen molar-refractivity contribution in [1.29, 1.82) is 0 Å². The Hall–Kier alpha value is -4.12. The Morgan fingerprint density at radius 3 is 2.46 bits per heavy atom. The summed E-state index contributed by atoms with van der Waals surface area (Å²) in [6.45, 7) is 1.50. The lowest BCUT2D eigenvalue weighted by Gasteiger charge is -2.11. The van der Waals surface area contributed by atoms with Crippen LogP contribution in [-0.4, -0.2) is 38.5 Å². The van der Waals surface area contributed by atoms with Gasteiger partial charge in [-0.3, -0.25) is 9.40 Å². The molecular weight excluding hydrogens is 474 g/mol. The molecule has 0 spiro atoms. The zero-order valence-electron chi connectivity index (χ0n) is 18.8. The highest BCUT2D eigenvalue weighted by atomic mass is 32.2. The molecule has 5 aromatic rings. The van der Waals surface area contributed by atoms with E-state index in [9.17, 15) is 17.2 Å². The number of hydrogen-bond donors (Lipinski definition) is 1. The van der Waals surface area contributed by atoms with E-state index in [2.05, 4.69) is 19.9 Å². The summed E-state index contributed by atoms with van der Waals surface area (Å²) >= 11 is 0. The van der Waals surface area contributed by atoms with Crippen LogP contribution in [0.15, 0.2) is 67.3 Å². The third-order valence-corrected chi connectivity index (χ3v) is 6.82. The molecule has 0 radical (unpaired) electrons. The van der Waals surface area contributed by atoms with Gasteiger partial charge in [-0.1, -0.05) is 6.07 Å². The molecule has 0 saturated carbocycles. The summed E-state index contributed by atoms with van der Waals surface area (Å²) in [6, 6.07) is 10.0. The lowest BCUT2D eigenvalue weighted by atomic mass is 10.0. The summed E-state index contributed by atoms with van der Waals surface area (Å²) in [6.07, 6.45) is 7.09. The van der Waals surface area contributed by atoms with Crippen LogP contribution in [0.1, 0.15) is 6.92 Å². The van der Waals surface area contributed by atoms with Crippen LogP contribution in [0.5, 0.6) is 0 Å². The number of aryl methyl sites for hydroxylation is 1. The maximum Gasteiger partial charge on any atom is 0.233 e. The predicted octanol–water partition coefficient (Wildman–Crippen LogP) is 4.50. The molecule has 178 valence electrons. The molecule has 0 aliphatic heterocycles. The van der Waals surface area contributed by atoms with Gasteiger partial charge in [-0.15, -0.1) is 0 Å². The Labute approximate surface area is 199 Å². The molecule has 0 aliphatic carbocycles. The first-order chi connectivity index (χ1) is 16.7. The number of anilines is 1. The first kappa shape index (κ1) is 22.7. The number of pyridine rings is 2. The van der Waals surface area contributed by atoms with Crippen molar-refractivity contribution in [2.75, 3.05) is 10.5 Å². The van der Waals surface area contributed by atoms with Gasteiger partial charge in [-0.05, 0) is 42.8 Å². The van der Waals surface area contributed by atoms with E-state index in [-0.39, 0.29) is 17.1 Å². The normalized spacial score (nSPS) is 11.8. The molecule has 0 unspecified atom stereocenters. The topological polar surface area (TPSA) is 94.2 Å². The molecule has 0 atom stereocenters. The van der Waals surface area contributed by atoms with E-state index < -0.39 is 21.7 Å². The van der Waals surface area contributed by atoms with E-state index in [4.69, 9.17) is 0 Å². The second-order valence-corrected chi connectivity index (χ2v) is 9.98. The van der Waals surface area contributed by atoms with Crippen LogP contribution in [0.4, 0.5) is 14.6 Å². The average molecular weight is 495 g/mol. The molecule has 35 heavy (non-hydrogen) atoms. The highest BCUT2D eigenvalue weighted by Gasteiger charge is 2.17. The maximum atomic E-state index is 14.6. The van der Waals surface area contributed by atoms with Gasteiger partial charge >= 0.3 is 0 Å². The number of rotatable bonds is 6. The second-order valence-electron chi connectivity index (χ2n) is 7.96. The van der Waals surface area contributed by atoms with Gasteiger partial charge in [0.25, 0.3) is 0 Å². The summed E-state index contributed by atoms with van der Waals surface area (Å²) < 4.78 is 58.3. The largest absolute Gasteiger partial charge is 0.275 e. The van der Waals surface area contributed by atoms with E-state index in [0.717, 1.165) is 23.3 Å². The Morgan fingerprint density at radius 1 is 0.914 bits per heavy atom. The van der Waals surface area contributed by atoms with Gasteiger partial charge in [0.05, 0.1) is 29.4 Å². The summed E-state index contributed by atoms with van der Waals surface area (Å²) in [5.41, 5.74) is 4.00. The molecule has 5 rings (SSSR count). The number of nitrogens with zero attached hydrogens (tertiary/aromatic N) is 5. The van der Waals surface area contributed by atoms with Gasteiger partial charge in [-0.2, -0.15) is 10.2 Å². The summed E-state index contributed by atoms with van der Waals surface area (Å²) in [5.74, 6) is -1.62. The molecule has 4 heterocycles. The molecule has 0 saturated heterocycles. The molecule has 0 fully saturated rings. The number of nitrogens with one attached hydrogen (secondary N) is 1. The fraction of sp³-hybridized carbons (Fsp3) is 0.125. The van der Waals surface area contributed by atoms with Crippen LogP contribution in [0.2, 0.25) is 0 Å². The zero-order valence-corrected chi connectivity index (χ0v) is 19.6. The Bertz CT molecular complexity index is 1680. The number of benzene rings is 1. The molecule has 0 amide bonds. The number of sulfonamides is 1. The van der Waals surface area contributed by atoms with Crippen LogP contribution in [-0.2, 0) is 17.1 Å². The van der Waals surface area contributed by atoms with Crippen molar-refractivity contribution in [2.45, 2.75) is 6.92 Å².